The molecule has 3 aromatic carbocycles. The molecule has 1 aliphatic rings. The van der Waals surface area contributed by atoms with E-state index in [0.29, 0.717) is 23.6 Å². The van der Waals surface area contributed by atoms with Gasteiger partial charge in [0.15, 0.2) is 0 Å². The van der Waals surface area contributed by atoms with Gasteiger partial charge in [0.2, 0.25) is 11.8 Å². The molecule has 4 N–H and O–H groups in total. The Morgan fingerprint density at radius 3 is 2.28 bits per heavy atom. The summed E-state index contributed by atoms with van der Waals surface area (Å²) in [4.78, 5) is 35.8. The van der Waals surface area contributed by atoms with Gasteiger partial charge in [0.25, 0.3) is 5.91 Å². The van der Waals surface area contributed by atoms with E-state index >= 15 is 0 Å². The highest BCUT2D eigenvalue weighted by molar-refractivity contribution is 5.97. The van der Waals surface area contributed by atoms with E-state index in [-0.39, 0.29) is 18.2 Å². The summed E-state index contributed by atoms with van der Waals surface area (Å²) >= 11 is 0. The summed E-state index contributed by atoms with van der Waals surface area (Å²) < 4.78 is 1.83. The molecule has 182 valence electrons. The Bertz CT molecular complexity index is 1420. The second-order valence-corrected chi connectivity index (χ2v) is 9.02. The Balaban J connectivity index is 1.30. The summed E-state index contributed by atoms with van der Waals surface area (Å²) in [6, 6.07) is 22.1. The number of amides is 3. The van der Waals surface area contributed by atoms with E-state index in [9.17, 15) is 14.4 Å². The Hall–Kier alpha value is -4.46. The zero-order chi connectivity index (χ0) is 25.1. The number of hydrogen-bond donors (Lipinski definition) is 3. The lowest BCUT2D eigenvalue weighted by Gasteiger charge is -2.08. The molecule has 1 saturated carbocycles. The summed E-state index contributed by atoms with van der Waals surface area (Å²) in [5.41, 5.74) is 9.69. The molecular weight excluding hydrogens is 454 g/mol. The smallest absolute Gasteiger partial charge is 0.251 e. The molecule has 0 bridgehead atoms. The number of carbonyl (C=O) groups is 3. The fraction of sp³-hybridized carbons (Fsp3) is 0.214. The fourth-order valence-electron chi connectivity index (χ4n) is 4.08. The van der Waals surface area contributed by atoms with Crippen LogP contribution in [0.1, 0.15) is 40.0 Å². The van der Waals surface area contributed by atoms with Crippen molar-refractivity contribution in [2.24, 2.45) is 11.7 Å². The van der Waals surface area contributed by atoms with Crippen LogP contribution < -0.4 is 16.4 Å². The van der Waals surface area contributed by atoms with Crippen LogP contribution in [0.3, 0.4) is 0 Å². The highest BCUT2D eigenvalue weighted by atomic mass is 16.2. The zero-order valence-corrected chi connectivity index (χ0v) is 19.7. The second-order valence-electron chi connectivity index (χ2n) is 9.02. The molecule has 0 atom stereocenters. The lowest BCUT2D eigenvalue weighted by molar-refractivity contribution is -0.121. The number of carbonyl (C=O) groups excluding carboxylic acids is 3. The number of hydrogen-bond acceptors (Lipinski definition) is 4. The lowest BCUT2D eigenvalue weighted by Crippen LogP contribution is -2.31. The minimum Gasteiger partial charge on any atom is -0.366 e. The Labute approximate surface area is 208 Å². The number of primary amides is 1. The molecule has 0 aliphatic heterocycles. The quantitative estimate of drug-likeness (QED) is 0.339. The molecule has 36 heavy (non-hydrogen) atoms. The molecule has 1 fully saturated rings. The van der Waals surface area contributed by atoms with Crippen LogP contribution in [-0.2, 0) is 4.79 Å². The maximum Gasteiger partial charge on any atom is 0.251 e. The number of nitrogens with one attached hydrogen (secondary N) is 2. The SMILES string of the molecule is NC(=O)c1ccc(-c2nn(-c3ccc(C(=O)NCCC(=O)NCC4CC4)cc3)c3ccccc23)cc1. The van der Waals surface area contributed by atoms with E-state index in [0.717, 1.165) is 34.4 Å². The van der Waals surface area contributed by atoms with Crippen molar-refractivity contribution in [2.75, 3.05) is 13.1 Å². The summed E-state index contributed by atoms with van der Waals surface area (Å²) in [7, 11) is 0. The molecule has 4 aromatic rings. The van der Waals surface area contributed by atoms with Gasteiger partial charge >= 0.3 is 0 Å². The first-order chi connectivity index (χ1) is 17.5. The van der Waals surface area contributed by atoms with Gasteiger partial charge in [0.1, 0.15) is 5.69 Å². The molecule has 0 spiro atoms. The van der Waals surface area contributed by atoms with Crippen LogP contribution in [0, 0.1) is 5.92 Å². The molecule has 8 heteroatoms. The van der Waals surface area contributed by atoms with Crippen LogP contribution in [-0.4, -0.2) is 40.6 Å². The van der Waals surface area contributed by atoms with Crippen LogP contribution >= 0.6 is 0 Å². The van der Waals surface area contributed by atoms with Gasteiger partial charge in [-0.05, 0) is 61.2 Å². The van der Waals surface area contributed by atoms with Crippen LogP contribution in [0.15, 0.2) is 72.8 Å². The molecule has 1 heterocycles. The van der Waals surface area contributed by atoms with Gasteiger partial charge in [0, 0.05) is 41.6 Å². The standard InChI is InChI=1S/C28H27N5O3/c29-27(35)20-9-7-19(8-10-20)26-23-3-1-2-4-24(23)33(32-26)22-13-11-21(12-14-22)28(36)30-16-15-25(34)31-17-18-5-6-18/h1-4,7-14,18H,5-6,15-17H2,(H2,29,35)(H,30,36)(H,31,34). The number of nitrogens with two attached hydrogens (primary N) is 1. The molecule has 8 nitrogen and oxygen atoms in total. The summed E-state index contributed by atoms with van der Waals surface area (Å²) in [5, 5.41) is 11.5. The first-order valence-electron chi connectivity index (χ1n) is 12.0. The largest absolute Gasteiger partial charge is 0.366 e. The Morgan fingerprint density at radius 2 is 1.58 bits per heavy atom. The normalized spacial score (nSPS) is 12.9. The summed E-state index contributed by atoms with van der Waals surface area (Å²) in [5.74, 6) is -0.106. The van der Waals surface area contributed by atoms with Crippen molar-refractivity contribution in [1.82, 2.24) is 20.4 Å². The molecule has 1 aliphatic carbocycles. The van der Waals surface area contributed by atoms with Gasteiger partial charge in [-0.15, -0.1) is 0 Å². The third kappa shape index (κ3) is 5.12. The first-order valence-corrected chi connectivity index (χ1v) is 12.0. The van der Waals surface area contributed by atoms with Crippen LogP contribution in [0.2, 0.25) is 0 Å². The van der Waals surface area contributed by atoms with E-state index in [1.807, 2.05) is 53.2 Å². The third-order valence-electron chi connectivity index (χ3n) is 6.33. The van der Waals surface area contributed by atoms with Crippen molar-refractivity contribution in [3.63, 3.8) is 0 Å². The maximum atomic E-state index is 12.5. The van der Waals surface area contributed by atoms with Gasteiger partial charge in [-0.25, -0.2) is 4.68 Å². The Morgan fingerprint density at radius 1 is 0.889 bits per heavy atom. The first kappa shape index (κ1) is 23.3. The maximum absolute atomic E-state index is 12.5. The van der Waals surface area contributed by atoms with Crippen LogP contribution in [0.4, 0.5) is 0 Å². The second kappa shape index (κ2) is 10.0. The van der Waals surface area contributed by atoms with Crippen molar-refractivity contribution in [3.05, 3.63) is 83.9 Å². The van der Waals surface area contributed by atoms with E-state index in [1.54, 1.807) is 24.3 Å². The average Bonchev–Trinajstić information content (AvgIpc) is 3.66. The molecule has 3 amide bonds. The molecule has 0 saturated heterocycles. The van der Waals surface area contributed by atoms with Gasteiger partial charge in [-0.1, -0.05) is 30.3 Å². The fourth-order valence-corrected chi connectivity index (χ4v) is 4.08. The van der Waals surface area contributed by atoms with Gasteiger partial charge in [-0.3, -0.25) is 14.4 Å². The third-order valence-corrected chi connectivity index (χ3v) is 6.33. The summed E-state index contributed by atoms with van der Waals surface area (Å²) in [6.07, 6.45) is 2.64. The number of benzene rings is 3. The lowest BCUT2D eigenvalue weighted by atomic mass is 10.1. The van der Waals surface area contributed by atoms with Gasteiger partial charge in [0.05, 0.1) is 11.2 Å². The highest BCUT2D eigenvalue weighted by Crippen LogP contribution is 2.30. The van der Waals surface area contributed by atoms with Crippen molar-refractivity contribution in [1.29, 1.82) is 0 Å². The van der Waals surface area contributed by atoms with Crippen molar-refractivity contribution in [2.45, 2.75) is 19.3 Å². The van der Waals surface area contributed by atoms with Crippen molar-refractivity contribution >= 4 is 28.6 Å². The van der Waals surface area contributed by atoms with E-state index in [2.05, 4.69) is 10.6 Å². The molecule has 5 rings (SSSR count). The van der Waals surface area contributed by atoms with Crippen molar-refractivity contribution < 1.29 is 14.4 Å². The van der Waals surface area contributed by atoms with Crippen LogP contribution in [0.5, 0.6) is 0 Å². The van der Waals surface area contributed by atoms with E-state index in [4.69, 9.17) is 10.8 Å². The molecule has 0 radical (unpaired) electrons. The topological polar surface area (TPSA) is 119 Å². The molecule has 1 aromatic heterocycles. The predicted octanol–water partition coefficient (Wildman–Crippen LogP) is 3.44. The zero-order valence-electron chi connectivity index (χ0n) is 19.7. The summed E-state index contributed by atoms with van der Waals surface area (Å²) in [6.45, 7) is 1.02. The Kier molecular flexibility index (Phi) is 6.49. The van der Waals surface area contributed by atoms with E-state index in [1.165, 1.54) is 12.8 Å². The number of fused-ring (bicyclic) bond motifs is 1. The number of para-hydroxylation sites is 1. The number of rotatable bonds is 9. The van der Waals surface area contributed by atoms with Gasteiger partial charge < -0.3 is 16.4 Å². The molecule has 0 unspecified atom stereocenters. The highest BCUT2D eigenvalue weighted by Gasteiger charge is 2.21. The minimum atomic E-state index is -0.474. The minimum absolute atomic E-state index is 0.0387. The monoisotopic (exact) mass is 481 g/mol. The van der Waals surface area contributed by atoms with Crippen LogP contribution in [0.25, 0.3) is 27.8 Å². The van der Waals surface area contributed by atoms with Gasteiger partial charge in [-0.2, -0.15) is 5.10 Å². The van der Waals surface area contributed by atoms with E-state index < -0.39 is 5.91 Å². The number of nitrogens with zero attached hydrogens (tertiary/aromatic N) is 2. The average molecular weight is 482 g/mol. The van der Waals surface area contributed by atoms with Crippen molar-refractivity contribution in [3.8, 4) is 16.9 Å². The molecular formula is C28H27N5O3. The number of aromatic nitrogens is 2. The predicted molar refractivity (Wildman–Crippen MR) is 138 cm³/mol.